The fourth-order valence-corrected chi connectivity index (χ4v) is 1.34. The van der Waals surface area contributed by atoms with Crippen molar-refractivity contribution in [2.45, 2.75) is 25.8 Å². The molecule has 1 atom stereocenters. The highest BCUT2D eigenvalue weighted by atomic mass is 16.5. The molecule has 0 aliphatic rings. The van der Waals surface area contributed by atoms with Crippen molar-refractivity contribution in [1.82, 2.24) is 0 Å². The van der Waals surface area contributed by atoms with Gasteiger partial charge < -0.3 is 10.5 Å². The fourth-order valence-electron chi connectivity index (χ4n) is 1.34. The molecule has 2 heteroatoms. The van der Waals surface area contributed by atoms with E-state index in [1.165, 1.54) is 0 Å². The van der Waals surface area contributed by atoms with Gasteiger partial charge in [0.15, 0.2) is 0 Å². The highest BCUT2D eigenvalue weighted by Crippen LogP contribution is 2.23. The second kappa shape index (κ2) is 6.10. The molecule has 0 heterocycles. The lowest BCUT2D eigenvalue weighted by atomic mass is 10.1. The van der Waals surface area contributed by atoms with E-state index in [0.29, 0.717) is 6.61 Å². The van der Waals surface area contributed by atoms with Gasteiger partial charge in [-0.2, -0.15) is 0 Å². The van der Waals surface area contributed by atoms with Crippen molar-refractivity contribution in [2.75, 3.05) is 6.61 Å². The summed E-state index contributed by atoms with van der Waals surface area (Å²) in [7, 11) is 0. The quantitative estimate of drug-likeness (QED) is 0.589. The molecule has 0 saturated carbocycles. The minimum absolute atomic E-state index is 0.00571. The Morgan fingerprint density at radius 2 is 2.20 bits per heavy atom. The summed E-state index contributed by atoms with van der Waals surface area (Å²) in [5, 5.41) is 0. The lowest BCUT2D eigenvalue weighted by Crippen LogP contribution is -2.08. The maximum absolute atomic E-state index is 5.83. The van der Waals surface area contributed by atoms with Crippen molar-refractivity contribution < 1.29 is 4.74 Å². The summed E-state index contributed by atoms with van der Waals surface area (Å²) in [6.45, 7) is 2.59. The third-order valence-electron chi connectivity index (χ3n) is 2.13. The van der Waals surface area contributed by atoms with Crippen molar-refractivity contribution >= 4 is 0 Å². The Morgan fingerprint density at radius 3 is 2.87 bits per heavy atom. The number of unbranched alkanes of at least 4 members (excludes halogenated alkanes) is 1. The molecule has 1 aromatic carbocycles. The molecule has 1 aromatic rings. The number of para-hydroxylation sites is 1. The fraction of sp³-hybridized carbons (Fsp3) is 0.385. The highest BCUT2D eigenvalue weighted by Gasteiger charge is 2.06. The molecule has 0 bridgehead atoms. The van der Waals surface area contributed by atoms with Gasteiger partial charge in [-0.25, -0.2) is 0 Å². The van der Waals surface area contributed by atoms with Crippen LogP contribution in [0.2, 0.25) is 0 Å². The number of nitrogens with two attached hydrogens (primary N) is 1. The van der Waals surface area contributed by atoms with Gasteiger partial charge in [0.2, 0.25) is 0 Å². The van der Waals surface area contributed by atoms with Gasteiger partial charge in [0.25, 0.3) is 0 Å². The summed E-state index contributed by atoms with van der Waals surface area (Å²) < 4.78 is 5.62. The van der Waals surface area contributed by atoms with Gasteiger partial charge in [-0.05, 0) is 19.4 Å². The van der Waals surface area contributed by atoms with Crippen molar-refractivity contribution in [3.63, 3.8) is 0 Å². The Morgan fingerprint density at radius 1 is 1.47 bits per heavy atom. The zero-order valence-corrected chi connectivity index (χ0v) is 9.07. The third-order valence-corrected chi connectivity index (χ3v) is 2.13. The molecule has 0 aliphatic carbocycles. The van der Waals surface area contributed by atoms with E-state index >= 15 is 0 Å². The molecular formula is C13H17NO. The predicted molar refractivity (Wildman–Crippen MR) is 62.6 cm³/mol. The first-order valence-electron chi connectivity index (χ1n) is 5.16. The van der Waals surface area contributed by atoms with Gasteiger partial charge in [-0.3, -0.25) is 0 Å². The predicted octanol–water partition coefficient (Wildman–Crippen LogP) is 2.50. The van der Waals surface area contributed by atoms with Crippen molar-refractivity contribution in [3.05, 3.63) is 29.8 Å². The first-order chi connectivity index (χ1) is 7.25. The van der Waals surface area contributed by atoms with Crippen LogP contribution in [0.1, 0.15) is 31.4 Å². The van der Waals surface area contributed by atoms with Crippen LogP contribution in [0, 0.1) is 12.3 Å². The molecule has 2 N–H and O–H groups in total. The maximum atomic E-state index is 5.83. The largest absolute Gasteiger partial charge is 0.493 e. The molecular weight excluding hydrogens is 186 g/mol. The van der Waals surface area contributed by atoms with E-state index in [4.69, 9.17) is 16.9 Å². The Bertz CT molecular complexity index is 339. The van der Waals surface area contributed by atoms with Crippen LogP contribution in [0.5, 0.6) is 5.75 Å². The van der Waals surface area contributed by atoms with E-state index in [-0.39, 0.29) is 6.04 Å². The topological polar surface area (TPSA) is 35.2 Å². The number of hydrogen-bond donors (Lipinski definition) is 1. The molecule has 0 radical (unpaired) electrons. The molecule has 0 fully saturated rings. The van der Waals surface area contributed by atoms with Gasteiger partial charge in [-0.1, -0.05) is 18.2 Å². The number of benzene rings is 1. The first kappa shape index (κ1) is 11.6. The average Bonchev–Trinajstić information content (AvgIpc) is 2.25. The smallest absolute Gasteiger partial charge is 0.124 e. The molecule has 1 rings (SSSR count). The van der Waals surface area contributed by atoms with Crippen LogP contribution in [-0.2, 0) is 0 Å². The van der Waals surface area contributed by atoms with Gasteiger partial charge >= 0.3 is 0 Å². The number of hydrogen-bond acceptors (Lipinski definition) is 2. The van der Waals surface area contributed by atoms with Crippen LogP contribution in [0.3, 0.4) is 0 Å². The second-order valence-corrected chi connectivity index (χ2v) is 3.48. The van der Waals surface area contributed by atoms with Crippen LogP contribution in [0.15, 0.2) is 24.3 Å². The van der Waals surface area contributed by atoms with E-state index in [2.05, 4.69) is 5.92 Å². The van der Waals surface area contributed by atoms with Gasteiger partial charge in [0.1, 0.15) is 5.75 Å². The Balaban J connectivity index is 2.56. The Hall–Kier alpha value is -1.46. The maximum Gasteiger partial charge on any atom is 0.124 e. The highest BCUT2D eigenvalue weighted by molar-refractivity contribution is 5.35. The van der Waals surface area contributed by atoms with E-state index in [1.54, 1.807) is 0 Å². The van der Waals surface area contributed by atoms with E-state index in [9.17, 15) is 0 Å². The van der Waals surface area contributed by atoms with Crippen LogP contribution >= 0.6 is 0 Å². The molecule has 2 nitrogen and oxygen atoms in total. The van der Waals surface area contributed by atoms with Gasteiger partial charge in [0, 0.05) is 18.0 Å². The van der Waals surface area contributed by atoms with E-state index in [0.717, 1.165) is 24.2 Å². The minimum Gasteiger partial charge on any atom is -0.493 e. The zero-order chi connectivity index (χ0) is 11.1. The van der Waals surface area contributed by atoms with Crippen LogP contribution in [0.25, 0.3) is 0 Å². The first-order valence-corrected chi connectivity index (χ1v) is 5.16. The lowest BCUT2D eigenvalue weighted by Gasteiger charge is -2.13. The Kier molecular flexibility index (Phi) is 4.73. The zero-order valence-electron chi connectivity index (χ0n) is 9.07. The third kappa shape index (κ3) is 3.65. The molecule has 0 spiro atoms. The minimum atomic E-state index is -0.00571. The summed E-state index contributed by atoms with van der Waals surface area (Å²) in [4.78, 5) is 0. The summed E-state index contributed by atoms with van der Waals surface area (Å²) in [6.07, 6.45) is 6.79. The normalized spacial score (nSPS) is 11.8. The van der Waals surface area contributed by atoms with Crippen LogP contribution in [-0.4, -0.2) is 6.61 Å². The van der Waals surface area contributed by atoms with Crippen LogP contribution < -0.4 is 10.5 Å². The molecule has 0 amide bonds. The van der Waals surface area contributed by atoms with E-state index < -0.39 is 0 Å². The molecule has 0 unspecified atom stereocenters. The molecule has 0 saturated heterocycles. The lowest BCUT2D eigenvalue weighted by molar-refractivity contribution is 0.308. The number of terminal acetylenes is 1. The average molecular weight is 203 g/mol. The van der Waals surface area contributed by atoms with Gasteiger partial charge in [0.05, 0.1) is 6.61 Å². The molecule has 0 aliphatic heterocycles. The molecule has 15 heavy (non-hydrogen) atoms. The Labute approximate surface area is 91.4 Å². The van der Waals surface area contributed by atoms with E-state index in [1.807, 2.05) is 31.2 Å². The summed E-state index contributed by atoms with van der Waals surface area (Å²) in [5.74, 6) is 3.45. The summed E-state index contributed by atoms with van der Waals surface area (Å²) >= 11 is 0. The summed E-state index contributed by atoms with van der Waals surface area (Å²) in [6, 6.07) is 7.83. The molecule has 80 valence electrons. The van der Waals surface area contributed by atoms with Gasteiger partial charge in [-0.15, -0.1) is 12.3 Å². The standard InChI is InChI=1S/C13H17NO/c1-3-4-7-10-15-13-9-6-5-8-12(13)11(2)14/h1,5-6,8-9,11H,4,7,10,14H2,2H3/t11-/m1/s1. The van der Waals surface area contributed by atoms with Crippen molar-refractivity contribution in [1.29, 1.82) is 0 Å². The van der Waals surface area contributed by atoms with Crippen molar-refractivity contribution in [3.8, 4) is 18.1 Å². The summed E-state index contributed by atoms with van der Waals surface area (Å²) in [5.41, 5.74) is 6.87. The molecule has 0 aromatic heterocycles. The monoisotopic (exact) mass is 203 g/mol. The van der Waals surface area contributed by atoms with Crippen LogP contribution in [0.4, 0.5) is 0 Å². The SMILES string of the molecule is C#CCCCOc1ccccc1[C@@H](C)N. The second-order valence-electron chi connectivity index (χ2n) is 3.48. The number of rotatable bonds is 5. The number of ether oxygens (including phenoxy) is 1. The van der Waals surface area contributed by atoms with Crippen molar-refractivity contribution in [2.24, 2.45) is 5.73 Å².